The van der Waals surface area contributed by atoms with Crippen molar-refractivity contribution >= 4 is 11.9 Å². The van der Waals surface area contributed by atoms with Crippen LogP contribution >= 0.6 is 0 Å². The molecule has 0 saturated carbocycles. The molecular weight excluding hydrogens is 232 g/mol. The summed E-state index contributed by atoms with van der Waals surface area (Å²) >= 11 is 0. The highest BCUT2D eigenvalue weighted by Crippen LogP contribution is 1.88. The number of ether oxygens (including phenoxy) is 5. The summed E-state index contributed by atoms with van der Waals surface area (Å²) in [5.41, 5.74) is 0. The van der Waals surface area contributed by atoms with Gasteiger partial charge in [0.25, 0.3) is 0 Å². The Hall–Kier alpha value is -1.18. The Bertz CT molecular complexity index is 217. The smallest absolute Gasteiger partial charge is 0.332 e. The van der Waals surface area contributed by atoms with Gasteiger partial charge in [-0.15, -0.1) is 0 Å². The summed E-state index contributed by atoms with van der Waals surface area (Å²) in [6.07, 6.45) is 0. The molecule has 98 valence electrons. The molecule has 0 atom stereocenters. The molecule has 0 aromatic rings. The molecule has 1 rings (SSSR count). The molecular formula is C10H16O7. The molecule has 1 heterocycles. The summed E-state index contributed by atoms with van der Waals surface area (Å²) in [5, 5.41) is 0. The van der Waals surface area contributed by atoms with Crippen LogP contribution in [-0.2, 0) is 33.3 Å². The van der Waals surface area contributed by atoms with E-state index in [4.69, 9.17) is 23.7 Å². The first kappa shape index (κ1) is 13.9. The lowest BCUT2D eigenvalue weighted by Gasteiger charge is -2.06. The van der Waals surface area contributed by atoms with Crippen LogP contribution in [0.3, 0.4) is 0 Å². The van der Waals surface area contributed by atoms with Crippen LogP contribution in [0.25, 0.3) is 0 Å². The molecule has 0 bridgehead atoms. The van der Waals surface area contributed by atoms with E-state index < -0.39 is 11.9 Å². The Balaban J connectivity index is 2.24. The van der Waals surface area contributed by atoms with E-state index in [1.54, 1.807) is 0 Å². The Kier molecular flexibility index (Phi) is 7.28. The van der Waals surface area contributed by atoms with Gasteiger partial charge in [-0.3, -0.25) is 0 Å². The number of cyclic esters (lactones) is 2. The summed E-state index contributed by atoms with van der Waals surface area (Å²) < 4.78 is 24.6. The van der Waals surface area contributed by atoms with Gasteiger partial charge < -0.3 is 23.7 Å². The first-order chi connectivity index (χ1) is 8.29. The van der Waals surface area contributed by atoms with Crippen molar-refractivity contribution in [1.82, 2.24) is 0 Å². The highest BCUT2D eigenvalue weighted by atomic mass is 16.6. The Morgan fingerprint density at radius 2 is 1.00 bits per heavy atom. The zero-order valence-electron chi connectivity index (χ0n) is 9.51. The minimum absolute atomic E-state index is 0.0183. The van der Waals surface area contributed by atoms with E-state index >= 15 is 0 Å². The van der Waals surface area contributed by atoms with E-state index in [2.05, 4.69) is 0 Å². The number of hydrogen-bond donors (Lipinski definition) is 0. The molecule has 0 amide bonds. The average molecular weight is 248 g/mol. The molecule has 0 unspecified atom stereocenters. The minimum Gasteiger partial charge on any atom is -0.460 e. The molecule has 0 radical (unpaired) electrons. The molecule has 0 aliphatic carbocycles. The van der Waals surface area contributed by atoms with Crippen molar-refractivity contribution in [2.24, 2.45) is 0 Å². The number of rotatable bonds is 0. The zero-order valence-corrected chi connectivity index (χ0v) is 9.51. The second-order valence-corrected chi connectivity index (χ2v) is 3.16. The molecule has 7 nitrogen and oxygen atoms in total. The quantitative estimate of drug-likeness (QED) is 0.516. The van der Waals surface area contributed by atoms with Gasteiger partial charge in [0.1, 0.15) is 26.4 Å². The maximum absolute atomic E-state index is 11.0. The van der Waals surface area contributed by atoms with Crippen LogP contribution < -0.4 is 0 Å². The highest BCUT2D eigenvalue weighted by molar-refractivity contribution is 5.71. The predicted molar refractivity (Wildman–Crippen MR) is 54.4 cm³/mol. The second-order valence-electron chi connectivity index (χ2n) is 3.16. The predicted octanol–water partition coefficient (Wildman–Crippen LogP) is -0.864. The molecule has 0 aromatic carbocycles. The zero-order chi connectivity index (χ0) is 12.3. The van der Waals surface area contributed by atoms with Crippen molar-refractivity contribution in [2.45, 2.75) is 0 Å². The summed E-state index contributed by atoms with van der Waals surface area (Å²) in [7, 11) is 0. The number of carbonyl (C=O) groups excluding carboxylic acids is 2. The number of esters is 2. The van der Waals surface area contributed by atoms with E-state index in [0.29, 0.717) is 26.4 Å². The van der Waals surface area contributed by atoms with Crippen LogP contribution in [0.15, 0.2) is 0 Å². The van der Waals surface area contributed by atoms with Gasteiger partial charge in [0.2, 0.25) is 0 Å². The molecule has 17 heavy (non-hydrogen) atoms. The Morgan fingerprint density at radius 3 is 1.47 bits per heavy atom. The van der Waals surface area contributed by atoms with Crippen LogP contribution in [0.5, 0.6) is 0 Å². The van der Waals surface area contributed by atoms with Crippen molar-refractivity contribution in [3.63, 3.8) is 0 Å². The molecule has 1 fully saturated rings. The molecule has 0 N–H and O–H groups in total. The molecule has 0 aromatic heterocycles. The second kappa shape index (κ2) is 8.91. The lowest BCUT2D eigenvalue weighted by molar-refractivity contribution is -0.157. The van der Waals surface area contributed by atoms with E-state index in [1.807, 2.05) is 0 Å². The molecule has 7 heteroatoms. The van der Waals surface area contributed by atoms with Crippen LogP contribution in [-0.4, -0.2) is 64.8 Å². The monoisotopic (exact) mass is 248 g/mol. The van der Waals surface area contributed by atoms with Gasteiger partial charge in [0, 0.05) is 0 Å². The van der Waals surface area contributed by atoms with Crippen LogP contribution in [0.2, 0.25) is 0 Å². The first-order valence-corrected chi connectivity index (χ1v) is 5.33. The molecule has 1 aliphatic rings. The minimum atomic E-state index is -0.493. The number of carbonyl (C=O) groups is 2. The van der Waals surface area contributed by atoms with Gasteiger partial charge in [-0.1, -0.05) is 0 Å². The summed E-state index contributed by atoms with van der Waals surface area (Å²) in [4.78, 5) is 22.1. The van der Waals surface area contributed by atoms with Gasteiger partial charge in [-0.05, 0) is 0 Å². The van der Waals surface area contributed by atoms with Crippen LogP contribution in [0.1, 0.15) is 0 Å². The topological polar surface area (TPSA) is 80.3 Å². The fourth-order valence-corrected chi connectivity index (χ4v) is 1.04. The van der Waals surface area contributed by atoms with E-state index in [0.717, 1.165) is 0 Å². The third-order valence-electron chi connectivity index (χ3n) is 1.79. The fraction of sp³-hybridized carbons (Fsp3) is 0.800. The highest BCUT2D eigenvalue weighted by Gasteiger charge is 2.06. The van der Waals surface area contributed by atoms with Crippen molar-refractivity contribution in [2.75, 3.05) is 52.9 Å². The van der Waals surface area contributed by atoms with Gasteiger partial charge in [0.15, 0.2) is 0 Å². The van der Waals surface area contributed by atoms with E-state index in [1.165, 1.54) is 0 Å². The SMILES string of the molecule is O=C1COCCOCCOCC(=O)OCCO1. The fourth-order valence-electron chi connectivity index (χ4n) is 1.04. The Morgan fingerprint density at radius 1 is 0.588 bits per heavy atom. The molecule has 1 saturated heterocycles. The first-order valence-electron chi connectivity index (χ1n) is 5.33. The van der Waals surface area contributed by atoms with Gasteiger partial charge >= 0.3 is 11.9 Å². The van der Waals surface area contributed by atoms with Gasteiger partial charge in [-0.25, -0.2) is 9.59 Å². The molecule has 1 aliphatic heterocycles. The summed E-state index contributed by atoms with van der Waals surface area (Å²) in [6, 6.07) is 0. The Labute approximate surface area is 98.9 Å². The van der Waals surface area contributed by atoms with Crippen LogP contribution in [0, 0.1) is 0 Å². The third kappa shape index (κ3) is 7.67. The number of hydrogen-bond acceptors (Lipinski definition) is 7. The summed E-state index contributed by atoms with van der Waals surface area (Å²) in [6.45, 7) is 1.12. The lowest BCUT2D eigenvalue weighted by Crippen LogP contribution is -2.19. The van der Waals surface area contributed by atoms with Crippen molar-refractivity contribution in [3.8, 4) is 0 Å². The average Bonchev–Trinajstić information content (AvgIpc) is 2.32. The standard InChI is InChI=1S/C10H16O7/c11-9-7-14-3-1-13-2-4-15-8-10(12)17-6-5-16-9/h1-8H2. The third-order valence-corrected chi connectivity index (χ3v) is 1.79. The van der Waals surface area contributed by atoms with E-state index in [9.17, 15) is 9.59 Å². The normalized spacial score (nSPS) is 21.9. The summed E-state index contributed by atoms with van der Waals surface area (Å²) in [5.74, 6) is -0.987. The van der Waals surface area contributed by atoms with Crippen molar-refractivity contribution in [1.29, 1.82) is 0 Å². The van der Waals surface area contributed by atoms with Gasteiger partial charge in [-0.2, -0.15) is 0 Å². The van der Waals surface area contributed by atoms with Crippen LogP contribution in [0.4, 0.5) is 0 Å². The van der Waals surface area contributed by atoms with Crippen molar-refractivity contribution in [3.05, 3.63) is 0 Å². The maximum atomic E-state index is 11.0. The van der Waals surface area contributed by atoms with Crippen molar-refractivity contribution < 1.29 is 33.3 Å². The maximum Gasteiger partial charge on any atom is 0.332 e. The molecule has 0 spiro atoms. The lowest BCUT2D eigenvalue weighted by atomic mass is 10.6. The largest absolute Gasteiger partial charge is 0.460 e. The van der Waals surface area contributed by atoms with E-state index in [-0.39, 0.29) is 26.4 Å². The van der Waals surface area contributed by atoms with Gasteiger partial charge in [0.05, 0.1) is 26.4 Å².